The van der Waals surface area contributed by atoms with Gasteiger partial charge >= 0.3 is 0 Å². The molecule has 0 unspecified atom stereocenters. The highest BCUT2D eigenvalue weighted by molar-refractivity contribution is 14.0. The van der Waals surface area contributed by atoms with E-state index in [4.69, 9.17) is 4.74 Å². The van der Waals surface area contributed by atoms with E-state index in [-0.39, 0.29) is 24.0 Å². The van der Waals surface area contributed by atoms with Crippen LogP contribution in [0.5, 0.6) is 0 Å². The number of nitrogens with zero attached hydrogens (tertiary/aromatic N) is 3. The number of methoxy groups -OCH3 is 1. The summed E-state index contributed by atoms with van der Waals surface area (Å²) in [4.78, 5) is 4.30. The average Bonchev–Trinajstić information content (AvgIpc) is 3.11. The Morgan fingerprint density at radius 2 is 2.09 bits per heavy atom. The van der Waals surface area contributed by atoms with Crippen molar-refractivity contribution in [1.29, 1.82) is 0 Å². The van der Waals surface area contributed by atoms with E-state index in [0.717, 1.165) is 37.6 Å². The van der Waals surface area contributed by atoms with E-state index in [0.29, 0.717) is 12.6 Å². The largest absolute Gasteiger partial charge is 0.383 e. The van der Waals surface area contributed by atoms with E-state index >= 15 is 0 Å². The second kappa shape index (κ2) is 9.92. The summed E-state index contributed by atoms with van der Waals surface area (Å²) in [5.41, 5.74) is 3.46. The second-order valence-electron chi connectivity index (χ2n) is 5.58. The summed E-state index contributed by atoms with van der Waals surface area (Å²) in [5.74, 6) is 0.845. The first kappa shape index (κ1) is 20.0. The van der Waals surface area contributed by atoms with Gasteiger partial charge in [-0.3, -0.25) is 9.67 Å². The number of ether oxygens (including phenoxy) is 1. The van der Waals surface area contributed by atoms with Gasteiger partial charge in [0, 0.05) is 38.0 Å². The zero-order valence-electron chi connectivity index (χ0n) is 14.4. The maximum absolute atomic E-state index is 5.13. The monoisotopic (exact) mass is 433 g/mol. The summed E-state index contributed by atoms with van der Waals surface area (Å²) in [6, 6.07) is 0.456. The molecule has 0 atom stereocenters. The van der Waals surface area contributed by atoms with E-state index in [1.54, 1.807) is 14.2 Å². The van der Waals surface area contributed by atoms with Crippen LogP contribution < -0.4 is 10.6 Å². The molecule has 0 saturated heterocycles. The summed E-state index contributed by atoms with van der Waals surface area (Å²) in [7, 11) is 3.52. The van der Waals surface area contributed by atoms with Crippen LogP contribution in [0.3, 0.4) is 0 Å². The van der Waals surface area contributed by atoms with Crippen molar-refractivity contribution in [3.63, 3.8) is 0 Å². The Hall–Kier alpha value is -1.09. The highest BCUT2D eigenvalue weighted by Gasteiger charge is 2.14. The van der Waals surface area contributed by atoms with E-state index in [2.05, 4.69) is 39.8 Å². The van der Waals surface area contributed by atoms with Gasteiger partial charge in [0.05, 0.1) is 18.8 Å². The first-order valence-corrected chi connectivity index (χ1v) is 7.79. The molecule has 7 heteroatoms. The minimum atomic E-state index is 0. The molecule has 1 aliphatic carbocycles. The molecule has 1 aromatic heterocycles. The van der Waals surface area contributed by atoms with Gasteiger partial charge in [-0.2, -0.15) is 5.10 Å². The van der Waals surface area contributed by atoms with Crippen molar-refractivity contribution in [1.82, 2.24) is 20.4 Å². The smallest absolute Gasteiger partial charge is 0.191 e. The number of hydrogen-bond donors (Lipinski definition) is 2. The molecular formula is C16H28IN5O. The minimum absolute atomic E-state index is 0. The fourth-order valence-corrected chi connectivity index (χ4v) is 2.68. The number of rotatable bonds is 6. The van der Waals surface area contributed by atoms with Crippen LogP contribution in [0, 0.1) is 13.8 Å². The Bertz CT molecular complexity index is 545. The average molecular weight is 433 g/mol. The molecule has 0 spiro atoms. The number of aryl methyl sites for hydroxylation is 1. The predicted molar refractivity (Wildman–Crippen MR) is 104 cm³/mol. The standard InChI is InChI=1S/C16H27N5O.HI/c1-12-15(13(2)21(20-12)9-10-22-4)11-18-16(17-3)19-14-7-5-6-8-14;/h5-6,14H,7-11H2,1-4H3,(H2,17,18,19);1H. The fraction of sp³-hybridized carbons (Fsp3) is 0.625. The maximum atomic E-state index is 5.13. The van der Waals surface area contributed by atoms with Gasteiger partial charge in [0.1, 0.15) is 0 Å². The molecule has 23 heavy (non-hydrogen) atoms. The Morgan fingerprint density at radius 3 is 2.70 bits per heavy atom. The van der Waals surface area contributed by atoms with Crippen molar-refractivity contribution in [2.45, 2.75) is 45.8 Å². The highest BCUT2D eigenvalue weighted by atomic mass is 127. The fourth-order valence-electron chi connectivity index (χ4n) is 2.68. The topological polar surface area (TPSA) is 63.5 Å². The molecule has 0 fully saturated rings. The number of aromatic nitrogens is 2. The normalized spacial score (nSPS) is 14.9. The lowest BCUT2D eigenvalue weighted by molar-refractivity contribution is 0.182. The molecule has 2 rings (SSSR count). The Kier molecular flexibility index (Phi) is 8.60. The van der Waals surface area contributed by atoms with Crippen LogP contribution >= 0.6 is 24.0 Å². The summed E-state index contributed by atoms with van der Waals surface area (Å²) < 4.78 is 7.14. The molecule has 0 amide bonds. The van der Waals surface area contributed by atoms with Crippen LogP contribution in [-0.2, 0) is 17.8 Å². The van der Waals surface area contributed by atoms with Gasteiger partial charge in [-0.05, 0) is 26.7 Å². The zero-order valence-corrected chi connectivity index (χ0v) is 16.8. The van der Waals surface area contributed by atoms with Crippen LogP contribution in [0.4, 0.5) is 0 Å². The van der Waals surface area contributed by atoms with Gasteiger partial charge in [0.25, 0.3) is 0 Å². The number of halogens is 1. The number of nitrogens with one attached hydrogen (secondary N) is 2. The van der Waals surface area contributed by atoms with Gasteiger partial charge in [0.15, 0.2) is 5.96 Å². The van der Waals surface area contributed by atoms with Crippen molar-refractivity contribution in [3.8, 4) is 0 Å². The van der Waals surface area contributed by atoms with E-state index in [1.807, 2.05) is 11.6 Å². The summed E-state index contributed by atoms with van der Waals surface area (Å²) in [6.07, 6.45) is 6.54. The quantitative estimate of drug-likeness (QED) is 0.313. The number of hydrogen-bond acceptors (Lipinski definition) is 3. The third-order valence-electron chi connectivity index (χ3n) is 4.04. The molecule has 130 valence electrons. The van der Waals surface area contributed by atoms with Gasteiger partial charge in [-0.15, -0.1) is 24.0 Å². The van der Waals surface area contributed by atoms with Crippen LogP contribution in [0.25, 0.3) is 0 Å². The van der Waals surface area contributed by atoms with Gasteiger partial charge in [0.2, 0.25) is 0 Å². The van der Waals surface area contributed by atoms with Crippen LogP contribution in [-0.4, -0.2) is 42.5 Å². The van der Waals surface area contributed by atoms with Crippen LogP contribution in [0.2, 0.25) is 0 Å². The van der Waals surface area contributed by atoms with Gasteiger partial charge in [-0.25, -0.2) is 0 Å². The molecule has 0 radical (unpaired) electrons. The summed E-state index contributed by atoms with van der Waals surface area (Å²) >= 11 is 0. The van der Waals surface area contributed by atoms with Crippen molar-refractivity contribution in [2.24, 2.45) is 4.99 Å². The zero-order chi connectivity index (χ0) is 15.9. The van der Waals surface area contributed by atoms with Crippen LogP contribution in [0.15, 0.2) is 17.1 Å². The van der Waals surface area contributed by atoms with E-state index in [1.165, 1.54) is 11.3 Å². The number of guanidine groups is 1. The van der Waals surface area contributed by atoms with Crippen molar-refractivity contribution in [3.05, 3.63) is 29.1 Å². The van der Waals surface area contributed by atoms with Crippen molar-refractivity contribution in [2.75, 3.05) is 20.8 Å². The first-order chi connectivity index (χ1) is 10.7. The van der Waals surface area contributed by atoms with Crippen molar-refractivity contribution >= 4 is 29.9 Å². The second-order valence-corrected chi connectivity index (χ2v) is 5.58. The molecule has 1 aromatic rings. The van der Waals surface area contributed by atoms with E-state index < -0.39 is 0 Å². The lowest BCUT2D eigenvalue weighted by atomic mass is 10.2. The summed E-state index contributed by atoms with van der Waals surface area (Å²) in [5, 5.41) is 11.4. The third kappa shape index (κ3) is 5.49. The molecule has 1 aliphatic rings. The number of aliphatic imine (C=N–C) groups is 1. The predicted octanol–water partition coefficient (Wildman–Crippen LogP) is 2.15. The lowest BCUT2D eigenvalue weighted by Gasteiger charge is -2.17. The highest BCUT2D eigenvalue weighted by Crippen LogP contribution is 2.13. The lowest BCUT2D eigenvalue weighted by Crippen LogP contribution is -2.42. The molecule has 2 N–H and O–H groups in total. The maximum Gasteiger partial charge on any atom is 0.191 e. The minimum Gasteiger partial charge on any atom is -0.383 e. The molecule has 0 saturated carbocycles. The molecule has 0 aromatic carbocycles. The SMILES string of the molecule is CN=C(NCc1c(C)nn(CCOC)c1C)NC1CC=CC1.I. The molecular weight excluding hydrogens is 405 g/mol. The van der Waals surface area contributed by atoms with Crippen LogP contribution in [0.1, 0.15) is 29.8 Å². The summed E-state index contributed by atoms with van der Waals surface area (Å²) in [6.45, 7) is 6.33. The first-order valence-electron chi connectivity index (χ1n) is 7.79. The van der Waals surface area contributed by atoms with Gasteiger partial charge < -0.3 is 15.4 Å². The Morgan fingerprint density at radius 1 is 1.39 bits per heavy atom. The Balaban J connectivity index is 0.00000264. The Labute approximate surface area is 155 Å². The van der Waals surface area contributed by atoms with Gasteiger partial charge in [-0.1, -0.05) is 12.2 Å². The van der Waals surface area contributed by atoms with E-state index in [9.17, 15) is 0 Å². The third-order valence-corrected chi connectivity index (χ3v) is 4.04. The van der Waals surface area contributed by atoms with Crippen molar-refractivity contribution < 1.29 is 4.74 Å². The molecule has 6 nitrogen and oxygen atoms in total. The molecule has 0 aliphatic heterocycles. The molecule has 0 bridgehead atoms. The molecule has 1 heterocycles.